The number of thiophene rings is 1. The van der Waals surface area contributed by atoms with E-state index in [9.17, 15) is 5.11 Å². The maximum absolute atomic E-state index is 10.8. The third-order valence-electron chi connectivity index (χ3n) is 3.61. The van der Waals surface area contributed by atoms with Crippen LogP contribution in [0.1, 0.15) is 36.9 Å². The minimum absolute atomic E-state index is 0.620. The van der Waals surface area contributed by atoms with Crippen LogP contribution in [0.5, 0.6) is 0 Å². The molecule has 0 saturated carbocycles. The zero-order chi connectivity index (χ0) is 14.1. The Morgan fingerprint density at radius 1 is 1.30 bits per heavy atom. The third-order valence-corrected chi connectivity index (χ3v) is 4.59. The highest BCUT2D eigenvalue weighted by Gasteiger charge is 2.19. The van der Waals surface area contributed by atoms with Gasteiger partial charge in [0.15, 0.2) is 0 Å². The normalized spacial score (nSPS) is 12.9. The minimum Gasteiger partial charge on any atom is -0.382 e. The first-order valence-electron chi connectivity index (χ1n) is 6.95. The van der Waals surface area contributed by atoms with E-state index in [1.165, 1.54) is 5.39 Å². The second kappa shape index (κ2) is 5.38. The Morgan fingerprint density at radius 2 is 2.15 bits per heavy atom. The SMILES string of the molecule is CCc1cc(C(O)c2cccc3ccsc23)n(CC)n1. The molecule has 1 aromatic carbocycles. The maximum atomic E-state index is 10.8. The molecule has 0 aliphatic carbocycles. The smallest absolute Gasteiger partial charge is 0.122 e. The summed E-state index contributed by atoms with van der Waals surface area (Å²) in [5.41, 5.74) is 2.87. The molecule has 1 atom stereocenters. The predicted molar refractivity (Wildman–Crippen MR) is 83.2 cm³/mol. The summed E-state index contributed by atoms with van der Waals surface area (Å²) >= 11 is 1.67. The lowest BCUT2D eigenvalue weighted by Crippen LogP contribution is -2.09. The van der Waals surface area contributed by atoms with Crippen LogP contribution in [-0.4, -0.2) is 14.9 Å². The second-order valence-electron chi connectivity index (χ2n) is 4.82. The first-order chi connectivity index (χ1) is 9.74. The Labute approximate surface area is 122 Å². The molecule has 3 aromatic rings. The first kappa shape index (κ1) is 13.3. The monoisotopic (exact) mass is 286 g/mol. The number of aliphatic hydroxyl groups is 1. The predicted octanol–water partition coefficient (Wildman–Crippen LogP) is 3.76. The molecule has 0 amide bonds. The maximum Gasteiger partial charge on any atom is 0.122 e. The Bertz CT molecular complexity index is 729. The van der Waals surface area contributed by atoms with Gasteiger partial charge in [-0.15, -0.1) is 11.3 Å². The minimum atomic E-state index is -0.620. The molecular weight excluding hydrogens is 268 g/mol. The van der Waals surface area contributed by atoms with Crippen LogP contribution in [0.2, 0.25) is 0 Å². The van der Waals surface area contributed by atoms with Crippen molar-refractivity contribution in [1.29, 1.82) is 0 Å². The van der Waals surface area contributed by atoms with Crippen LogP contribution in [-0.2, 0) is 13.0 Å². The first-order valence-corrected chi connectivity index (χ1v) is 7.83. The van der Waals surface area contributed by atoms with Crippen LogP contribution in [0.4, 0.5) is 0 Å². The quantitative estimate of drug-likeness (QED) is 0.793. The van der Waals surface area contributed by atoms with Crippen molar-refractivity contribution in [3.63, 3.8) is 0 Å². The fourth-order valence-corrected chi connectivity index (χ4v) is 3.46. The van der Waals surface area contributed by atoms with Gasteiger partial charge in [-0.2, -0.15) is 5.10 Å². The van der Waals surface area contributed by atoms with Gasteiger partial charge in [0.25, 0.3) is 0 Å². The van der Waals surface area contributed by atoms with Crippen LogP contribution in [0.3, 0.4) is 0 Å². The molecule has 1 N–H and O–H groups in total. The van der Waals surface area contributed by atoms with E-state index in [1.807, 2.05) is 29.8 Å². The van der Waals surface area contributed by atoms with E-state index in [0.717, 1.165) is 34.6 Å². The largest absolute Gasteiger partial charge is 0.382 e. The van der Waals surface area contributed by atoms with E-state index in [1.54, 1.807) is 11.3 Å². The van der Waals surface area contributed by atoms with Crippen molar-refractivity contribution in [1.82, 2.24) is 9.78 Å². The molecule has 2 aromatic heterocycles. The van der Waals surface area contributed by atoms with E-state index in [2.05, 4.69) is 29.5 Å². The van der Waals surface area contributed by atoms with Gasteiger partial charge in [0.1, 0.15) is 6.10 Å². The molecule has 0 bridgehead atoms. The van der Waals surface area contributed by atoms with Gasteiger partial charge >= 0.3 is 0 Å². The van der Waals surface area contributed by atoms with Crippen LogP contribution in [0, 0.1) is 0 Å². The topological polar surface area (TPSA) is 38.0 Å². The summed E-state index contributed by atoms with van der Waals surface area (Å²) < 4.78 is 3.05. The zero-order valence-corrected chi connectivity index (χ0v) is 12.5. The Morgan fingerprint density at radius 3 is 2.90 bits per heavy atom. The van der Waals surface area contributed by atoms with Crippen LogP contribution in [0.15, 0.2) is 35.7 Å². The number of benzene rings is 1. The second-order valence-corrected chi connectivity index (χ2v) is 5.73. The fourth-order valence-electron chi connectivity index (χ4n) is 2.52. The molecule has 0 saturated heterocycles. The van der Waals surface area contributed by atoms with Crippen molar-refractivity contribution in [2.75, 3.05) is 0 Å². The van der Waals surface area contributed by atoms with Gasteiger partial charge < -0.3 is 5.11 Å². The summed E-state index contributed by atoms with van der Waals surface area (Å²) in [7, 11) is 0. The lowest BCUT2D eigenvalue weighted by molar-refractivity contribution is 0.209. The number of aromatic nitrogens is 2. The van der Waals surface area contributed by atoms with E-state index in [-0.39, 0.29) is 0 Å². The Kier molecular flexibility index (Phi) is 3.59. The van der Waals surface area contributed by atoms with Crippen LogP contribution >= 0.6 is 11.3 Å². The molecule has 0 fully saturated rings. The summed E-state index contributed by atoms with van der Waals surface area (Å²) in [5, 5.41) is 18.5. The van der Waals surface area contributed by atoms with E-state index in [0.29, 0.717) is 0 Å². The van der Waals surface area contributed by atoms with Crippen LogP contribution < -0.4 is 0 Å². The highest BCUT2D eigenvalue weighted by atomic mass is 32.1. The van der Waals surface area contributed by atoms with Crippen molar-refractivity contribution in [3.8, 4) is 0 Å². The van der Waals surface area contributed by atoms with Gasteiger partial charge in [-0.25, -0.2) is 0 Å². The van der Waals surface area contributed by atoms with Gasteiger partial charge in [-0.3, -0.25) is 4.68 Å². The number of nitrogens with zero attached hydrogens (tertiary/aromatic N) is 2. The number of aliphatic hydroxyl groups excluding tert-OH is 1. The molecule has 0 aliphatic heterocycles. The van der Waals surface area contributed by atoms with Gasteiger partial charge in [-0.05, 0) is 36.2 Å². The lowest BCUT2D eigenvalue weighted by Gasteiger charge is -2.13. The highest BCUT2D eigenvalue weighted by Crippen LogP contribution is 2.32. The fraction of sp³-hybridized carbons (Fsp3) is 0.312. The number of rotatable bonds is 4. The van der Waals surface area contributed by atoms with Gasteiger partial charge in [0, 0.05) is 16.8 Å². The summed E-state index contributed by atoms with van der Waals surface area (Å²) in [6, 6.07) is 10.2. The highest BCUT2D eigenvalue weighted by molar-refractivity contribution is 7.17. The summed E-state index contributed by atoms with van der Waals surface area (Å²) in [6.07, 6.45) is 0.265. The summed E-state index contributed by atoms with van der Waals surface area (Å²) in [5.74, 6) is 0. The van der Waals surface area contributed by atoms with Gasteiger partial charge in [0.05, 0.1) is 11.4 Å². The van der Waals surface area contributed by atoms with Crippen molar-refractivity contribution < 1.29 is 5.11 Å². The molecule has 4 heteroatoms. The molecule has 0 spiro atoms. The molecule has 0 radical (unpaired) electrons. The molecule has 3 nitrogen and oxygen atoms in total. The molecule has 20 heavy (non-hydrogen) atoms. The number of aryl methyl sites for hydroxylation is 2. The zero-order valence-electron chi connectivity index (χ0n) is 11.7. The number of hydrogen-bond donors (Lipinski definition) is 1. The molecule has 104 valence electrons. The molecule has 3 rings (SSSR count). The van der Waals surface area contributed by atoms with E-state index >= 15 is 0 Å². The van der Waals surface area contributed by atoms with Crippen molar-refractivity contribution >= 4 is 21.4 Å². The molecular formula is C16H18N2OS. The summed E-state index contributed by atoms with van der Waals surface area (Å²) in [4.78, 5) is 0. The Hall–Kier alpha value is -1.65. The average molecular weight is 286 g/mol. The van der Waals surface area contributed by atoms with Gasteiger partial charge in [0.2, 0.25) is 0 Å². The van der Waals surface area contributed by atoms with Gasteiger partial charge in [-0.1, -0.05) is 25.1 Å². The van der Waals surface area contributed by atoms with Crippen molar-refractivity contribution in [3.05, 3.63) is 52.7 Å². The standard InChI is InChI=1S/C16H18N2OS/c1-3-12-10-14(18(4-2)17-12)15(19)13-7-5-6-11-8-9-20-16(11)13/h5-10,15,19H,3-4H2,1-2H3. The van der Waals surface area contributed by atoms with E-state index < -0.39 is 6.10 Å². The Balaban J connectivity index is 2.10. The summed E-state index contributed by atoms with van der Waals surface area (Å²) in [6.45, 7) is 4.90. The molecule has 1 unspecified atom stereocenters. The van der Waals surface area contributed by atoms with Crippen LogP contribution in [0.25, 0.3) is 10.1 Å². The molecule has 0 aliphatic rings. The van der Waals surface area contributed by atoms with E-state index in [4.69, 9.17) is 0 Å². The average Bonchev–Trinajstić information content (AvgIpc) is 3.11. The van der Waals surface area contributed by atoms with Crippen molar-refractivity contribution in [2.24, 2.45) is 0 Å². The number of hydrogen-bond acceptors (Lipinski definition) is 3. The number of fused-ring (bicyclic) bond motifs is 1. The van der Waals surface area contributed by atoms with Crippen molar-refractivity contribution in [2.45, 2.75) is 32.9 Å². The molecule has 2 heterocycles. The lowest BCUT2D eigenvalue weighted by atomic mass is 10.0. The third kappa shape index (κ3) is 2.15.